The van der Waals surface area contributed by atoms with Crippen LogP contribution in [0.3, 0.4) is 0 Å². The molecule has 0 bridgehead atoms. The Hall–Kier alpha value is -4.31. The molecule has 1 aromatic heterocycles. The van der Waals surface area contributed by atoms with Crippen LogP contribution in [0.1, 0.15) is 31.0 Å². The number of hydrogen-bond donors (Lipinski definition) is 0. The lowest BCUT2D eigenvalue weighted by molar-refractivity contribution is -0.384. The Morgan fingerprint density at radius 1 is 1.28 bits per heavy atom. The molecular weight excluding hydrogens is 482 g/mol. The van der Waals surface area contributed by atoms with Gasteiger partial charge in [-0.1, -0.05) is 48.3 Å². The summed E-state index contributed by atoms with van der Waals surface area (Å²) in [4.78, 5) is 42.2. The van der Waals surface area contributed by atoms with Gasteiger partial charge in [-0.3, -0.25) is 19.5 Å². The number of benzene rings is 2. The van der Waals surface area contributed by atoms with Crippen molar-refractivity contribution in [1.29, 1.82) is 0 Å². The predicted molar refractivity (Wildman–Crippen MR) is 136 cm³/mol. The third-order valence-electron chi connectivity index (χ3n) is 5.46. The zero-order valence-electron chi connectivity index (χ0n) is 19.7. The minimum absolute atomic E-state index is 0.0754. The lowest BCUT2D eigenvalue weighted by atomic mass is 9.96. The third-order valence-corrected chi connectivity index (χ3v) is 6.44. The number of allylic oxidation sites excluding steroid dienone is 1. The van der Waals surface area contributed by atoms with Gasteiger partial charge in [0, 0.05) is 12.1 Å². The van der Waals surface area contributed by atoms with E-state index in [1.165, 1.54) is 16.7 Å². The number of carbonyl (C=O) groups excluding carboxylic acids is 1. The maximum absolute atomic E-state index is 13.6. The van der Waals surface area contributed by atoms with Gasteiger partial charge in [0.25, 0.3) is 11.2 Å². The Morgan fingerprint density at radius 2 is 2.03 bits per heavy atom. The first kappa shape index (κ1) is 24.8. The van der Waals surface area contributed by atoms with Gasteiger partial charge in [0.2, 0.25) is 0 Å². The summed E-state index contributed by atoms with van der Waals surface area (Å²) in [6.45, 7) is 7.58. The summed E-state index contributed by atoms with van der Waals surface area (Å²) in [6.07, 6.45) is 3.22. The molecule has 0 saturated heterocycles. The Labute approximate surface area is 210 Å². The van der Waals surface area contributed by atoms with E-state index in [1.807, 2.05) is 0 Å². The number of thiazole rings is 1. The molecular formula is C26H23N3O6S. The highest BCUT2D eigenvalue weighted by molar-refractivity contribution is 7.07. The molecule has 184 valence electrons. The summed E-state index contributed by atoms with van der Waals surface area (Å²) in [5.41, 5.74) is 1.47. The molecule has 2 aromatic carbocycles. The van der Waals surface area contributed by atoms with Crippen molar-refractivity contribution in [2.45, 2.75) is 19.9 Å². The molecule has 10 heteroatoms. The fraction of sp³-hybridized carbons (Fsp3) is 0.192. The van der Waals surface area contributed by atoms with Crippen LogP contribution < -0.4 is 19.6 Å². The van der Waals surface area contributed by atoms with Crippen LogP contribution in [0.5, 0.6) is 5.75 Å². The van der Waals surface area contributed by atoms with Crippen molar-refractivity contribution in [2.24, 2.45) is 4.99 Å². The molecule has 0 amide bonds. The van der Waals surface area contributed by atoms with Gasteiger partial charge in [-0.2, -0.15) is 0 Å². The summed E-state index contributed by atoms with van der Waals surface area (Å²) in [7, 11) is 0. The second-order valence-electron chi connectivity index (χ2n) is 7.82. The number of non-ortho nitro benzene ring substituents is 1. The van der Waals surface area contributed by atoms with Crippen LogP contribution in [0.2, 0.25) is 0 Å². The van der Waals surface area contributed by atoms with Crippen molar-refractivity contribution >= 4 is 29.1 Å². The number of nitro benzene ring substituents is 1. The number of aromatic nitrogens is 1. The quantitative estimate of drug-likeness (QED) is 0.201. The van der Waals surface area contributed by atoms with Crippen molar-refractivity contribution < 1.29 is 19.2 Å². The van der Waals surface area contributed by atoms with E-state index in [9.17, 15) is 19.7 Å². The SMILES string of the molecule is C=CCOc1ccc([C@H]2C(C(=O)OCC)=C(C)N=c3s/c(=C\c4cccc([N+](=O)[O-])c4)c(=O)n32)cc1. The molecule has 1 atom stereocenters. The minimum Gasteiger partial charge on any atom is -0.490 e. The third kappa shape index (κ3) is 4.89. The number of rotatable bonds is 8. The summed E-state index contributed by atoms with van der Waals surface area (Å²) in [6, 6.07) is 12.4. The highest BCUT2D eigenvalue weighted by Gasteiger charge is 2.33. The first-order valence-electron chi connectivity index (χ1n) is 11.1. The van der Waals surface area contributed by atoms with E-state index in [1.54, 1.807) is 62.4 Å². The van der Waals surface area contributed by atoms with Gasteiger partial charge in [0.15, 0.2) is 4.80 Å². The van der Waals surface area contributed by atoms with Gasteiger partial charge < -0.3 is 9.47 Å². The second-order valence-corrected chi connectivity index (χ2v) is 8.83. The Kier molecular flexibility index (Phi) is 7.25. The number of nitro groups is 1. The summed E-state index contributed by atoms with van der Waals surface area (Å²) in [5.74, 6) is 0.0683. The van der Waals surface area contributed by atoms with Crippen molar-refractivity contribution in [2.75, 3.05) is 13.2 Å². The van der Waals surface area contributed by atoms with Crippen molar-refractivity contribution in [3.63, 3.8) is 0 Å². The van der Waals surface area contributed by atoms with E-state index >= 15 is 0 Å². The van der Waals surface area contributed by atoms with Gasteiger partial charge in [-0.25, -0.2) is 9.79 Å². The fourth-order valence-corrected chi connectivity index (χ4v) is 4.93. The maximum Gasteiger partial charge on any atom is 0.338 e. The highest BCUT2D eigenvalue weighted by Crippen LogP contribution is 2.31. The van der Waals surface area contributed by atoms with E-state index in [-0.39, 0.29) is 23.4 Å². The first-order valence-corrected chi connectivity index (χ1v) is 11.9. The molecule has 0 unspecified atom stereocenters. The molecule has 0 saturated carbocycles. The Morgan fingerprint density at radius 3 is 2.69 bits per heavy atom. The molecule has 0 N–H and O–H groups in total. The van der Waals surface area contributed by atoms with Crippen molar-refractivity contribution in [3.05, 3.63) is 113 Å². The molecule has 0 aliphatic carbocycles. The van der Waals surface area contributed by atoms with Crippen molar-refractivity contribution in [1.82, 2.24) is 4.57 Å². The largest absolute Gasteiger partial charge is 0.490 e. The van der Waals surface area contributed by atoms with Gasteiger partial charge in [-0.15, -0.1) is 0 Å². The summed E-state index contributed by atoms with van der Waals surface area (Å²) in [5, 5.41) is 11.2. The number of carbonyl (C=O) groups is 1. The van der Waals surface area contributed by atoms with Crippen LogP contribution in [-0.4, -0.2) is 28.7 Å². The number of hydrogen-bond acceptors (Lipinski definition) is 8. The number of fused-ring (bicyclic) bond motifs is 1. The standard InChI is InChI=1S/C26H23N3O6S/c1-4-13-35-20-11-9-18(10-12-20)23-22(25(31)34-5-2)16(3)27-26-28(23)24(30)21(36-26)15-17-7-6-8-19(14-17)29(32)33/h4,6-12,14-15,23H,1,5,13H2,2-3H3/b21-15-/t23-/m0/s1. The van der Waals surface area contributed by atoms with Gasteiger partial charge in [-0.05, 0) is 43.2 Å². The lowest BCUT2D eigenvalue weighted by Gasteiger charge is -2.24. The van der Waals surface area contributed by atoms with Crippen LogP contribution in [0, 0.1) is 10.1 Å². The molecule has 0 fully saturated rings. The van der Waals surface area contributed by atoms with E-state index < -0.39 is 16.9 Å². The Bertz CT molecular complexity index is 1550. The summed E-state index contributed by atoms with van der Waals surface area (Å²) < 4.78 is 12.7. The van der Waals surface area contributed by atoms with E-state index in [2.05, 4.69) is 11.6 Å². The zero-order chi connectivity index (χ0) is 25.8. The second kappa shape index (κ2) is 10.5. The number of ether oxygens (including phenoxy) is 2. The minimum atomic E-state index is -0.763. The molecule has 4 rings (SSSR count). The fourth-order valence-electron chi connectivity index (χ4n) is 3.89. The van der Waals surface area contributed by atoms with E-state index in [0.29, 0.717) is 38.5 Å². The predicted octanol–water partition coefficient (Wildman–Crippen LogP) is 3.27. The highest BCUT2D eigenvalue weighted by atomic mass is 32.1. The molecule has 0 radical (unpaired) electrons. The van der Waals surface area contributed by atoms with E-state index in [4.69, 9.17) is 9.47 Å². The van der Waals surface area contributed by atoms with Crippen LogP contribution in [0.25, 0.3) is 6.08 Å². The normalized spacial score (nSPS) is 15.2. The van der Waals surface area contributed by atoms with Crippen LogP contribution in [0.15, 0.2) is 82.2 Å². The van der Waals surface area contributed by atoms with Crippen molar-refractivity contribution in [3.8, 4) is 5.75 Å². The zero-order valence-corrected chi connectivity index (χ0v) is 20.5. The van der Waals surface area contributed by atoms with Gasteiger partial charge >= 0.3 is 5.97 Å². The molecule has 9 nitrogen and oxygen atoms in total. The molecule has 2 heterocycles. The summed E-state index contributed by atoms with van der Waals surface area (Å²) >= 11 is 1.15. The number of nitrogens with zero attached hydrogens (tertiary/aromatic N) is 3. The topological polar surface area (TPSA) is 113 Å². The lowest BCUT2D eigenvalue weighted by Crippen LogP contribution is -2.39. The molecule has 0 spiro atoms. The average molecular weight is 506 g/mol. The first-order chi connectivity index (χ1) is 17.3. The van der Waals surface area contributed by atoms with E-state index in [0.717, 1.165) is 11.3 Å². The van der Waals surface area contributed by atoms with Crippen LogP contribution in [-0.2, 0) is 9.53 Å². The van der Waals surface area contributed by atoms with Gasteiger partial charge in [0.1, 0.15) is 12.4 Å². The van der Waals surface area contributed by atoms with Gasteiger partial charge in [0.05, 0.1) is 33.4 Å². The van der Waals surface area contributed by atoms with Crippen LogP contribution in [0.4, 0.5) is 5.69 Å². The molecule has 1 aliphatic rings. The Balaban J connectivity index is 1.88. The molecule has 1 aliphatic heterocycles. The van der Waals surface area contributed by atoms with Crippen LogP contribution >= 0.6 is 11.3 Å². The molecule has 3 aromatic rings. The molecule has 36 heavy (non-hydrogen) atoms. The smallest absolute Gasteiger partial charge is 0.338 e. The maximum atomic E-state index is 13.6. The number of esters is 1. The monoisotopic (exact) mass is 505 g/mol. The average Bonchev–Trinajstić information content (AvgIpc) is 3.16.